The summed E-state index contributed by atoms with van der Waals surface area (Å²) in [5.74, 6) is -0.190. The summed E-state index contributed by atoms with van der Waals surface area (Å²) in [6.45, 7) is 3.88. The van der Waals surface area contributed by atoms with Crippen molar-refractivity contribution in [1.82, 2.24) is 24.9 Å². The Balaban J connectivity index is 2.22. The fourth-order valence-corrected chi connectivity index (χ4v) is 3.25. The number of rotatable bonds is 2. The summed E-state index contributed by atoms with van der Waals surface area (Å²) >= 11 is 0. The molecule has 0 aliphatic heterocycles. The molecule has 0 fully saturated rings. The van der Waals surface area contributed by atoms with Crippen molar-refractivity contribution in [3.05, 3.63) is 71.0 Å². The molecule has 0 saturated heterocycles. The number of aromatic nitrogens is 5. The van der Waals surface area contributed by atoms with Gasteiger partial charge in [-0.1, -0.05) is 12.1 Å². The third-order valence-electron chi connectivity index (χ3n) is 4.71. The normalized spacial score (nSPS) is 11.2. The minimum Gasteiger partial charge on any atom is -0.384 e. The maximum absolute atomic E-state index is 12.5. The number of fused-ring (bicyclic) bond motifs is 1. The monoisotopic (exact) mass is 380 g/mol. The van der Waals surface area contributed by atoms with Gasteiger partial charge in [-0.25, -0.2) is 9.59 Å². The number of nitrogens with two attached hydrogens (primary N) is 1. The van der Waals surface area contributed by atoms with Crippen LogP contribution in [-0.4, -0.2) is 24.9 Å². The SMILES string of the molecule is Cc1ccc(-c2[nH]c3[nH]c(=O)[nH]c(=O)c3c2-c2c(N)[nH]c(=O)[nH]c2=O)cc1C. The van der Waals surface area contributed by atoms with E-state index < -0.39 is 22.5 Å². The Morgan fingerprint density at radius 3 is 2.11 bits per heavy atom. The fourth-order valence-electron chi connectivity index (χ4n) is 3.25. The lowest BCUT2D eigenvalue weighted by molar-refractivity contribution is 1.05. The Morgan fingerprint density at radius 1 is 0.750 bits per heavy atom. The standard InChI is InChI=1S/C18H16N6O4/c1-6-3-4-8(5-7(6)2)12-9(10-13(19)21-17(27)23-15(10)25)11-14(20-12)22-18(28)24-16(11)26/h3-5H,1-2H3,(H4,19,21,23,25,27)(H3,20,22,24,26,28). The number of hydrogen-bond donors (Lipinski definition) is 6. The van der Waals surface area contributed by atoms with Gasteiger partial charge in [0.15, 0.2) is 0 Å². The molecule has 0 saturated carbocycles. The molecule has 7 N–H and O–H groups in total. The van der Waals surface area contributed by atoms with Gasteiger partial charge in [-0.15, -0.1) is 0 Å². The first kappa shape index (κ1) is 17.3. The predicted octanol–water partition coefficient (Wildman–Crippen LogP) is 0.454. The third kappa shape index (κ3) is 2.58. The third-order valence-corrected chi connectivity index (χ3v) is 4.71. The Kier molecular flexibility index (Phi) is 3.70. The molecule has 0 spiro atoms. The van der Waals surface area contributed by atoms with Gasteiger partial charge in [0.05, 0.1) is 16.6 Å². The molecule has 0 aliphatic rings. The summed E-state index contributed by atoms with van der Waals surface area (Å²) in [7, 11) is 0. The van der Waals surface area contributed by atoms with Crippen LogP contribution in [0, 0.1) is 13.8 Å². The minimum atomic E-state index is -0.763. The first-order valence-electron chi connectivity index (χ1n) is 8.34. The number of aromatic amines is 5. The Labute approximate surface area is 155 Å². The van der Waals surface area contributed by atoms with E-state index in [0.717, 1.165) is 11.1 Å². The second-order valence-electron chi connectivity index (χ2n) is 6.53. The van der Waals surface area contributed by atoms with Gasteiger partial charge in [0.2, 0.25) is 0 Å². The van der Waals surface area contributed by atoms with E-state index in [4.69, 9.17) is 5.73 Å². The van der Waals surface area contributed by atoms with Gasteiger partial charge in [-0.05, 0) is 36.6 Å². The molecule has 142 valence electrons. The fraction of sp³-hybridized carbons (Fsp3) is 0.111. The predicted molar refractivity (Wildman–Crippen MR) is 106 cm³/mol. The molecule has 4 rings (SSSR count). The molecule has 28 heavy (non-hydrogen) atoms. The van der Waals surface area contributed by atoms with Crippen LogP contribution in [0.4, 0.5) is 5.82 Å². The molecule has 0 bridgehead atoms. The summed E-state index contributed by atoms with van der Waals surface area (Å²) < 4.78 is 0. The van der Waals surface area contributed by atoms with Crippen LogP contribution in [0.2, 0.25) is 0 Å². The molecule has 0 unspecified atom stereocenters. The second kappa shape index (κ2) is 5.98. The molecule has 3 aromatic heterocycles. The van der Waals surface area contributed by atoms with Crippen molar-refractivity contribution < 1.29 is 0 Å². The van der Waals surface area contributed by atoms with Crippen molar-refractivity contribution in [2.75, 3.05) is 5.73 Å². The van der Waals surface area contributed by atoms with Gasteiger partial charge >= 0.3 is 11.4 Å². The summed E-state index contributed by atoms with van der Waals surface area (Å²) in [4.78, 5) is 60.4. The van der Waals surface area contributed by atoms with Crippen LogP contribution in [-0.2, 0) is 0 Å². The van der Waals surface area contributed by atoms with E-state index in [2.05, 4.69) is 24.9 Å². The molecule has 0 aliphatic carbocycles. The number of H-pyrrole nitrogens is 5. The number of anilines is 1. The number of nitrogens with one attached hydrogen (secondary N) is 5. The highest BCUT2D eigenvalue weighted by Gasteiger charge is 2.23. The summed E-state index contributed by atoms with van der Waals surface area (Å²) in [6, 6.07) is 5.60. The zero-order valence-electron chi connectivity index (χ0n) is 14.9. The van der Waals surface area contributed by atoms with Crippen LogP contribution in [0.3, 0.4) is 0 Å². The van der Waals surface area contributed by atoms with E-state index in [9.17, 15) is 19.2 Å². The van der Waals surface area contributed by atoms with Gasteiger partial charge in [0.1, 0.15) is 11.5 Å². The Hall–Kier alpha value is -4.08. The molecule has 0 atom stereocenters. The number of aryl methyl sites for hydroxylation is 2. The minimum absolute atomic E-state index is 0.0528. The quantitative estimate of drug-likeness (QED) is 0.296. The van der Waals surface area contributed by atoms with Crippen molar-refractivity contribution in [2.24, 2.45) is 0 Å². The Morgan fingerprint density at radius 2 is 1.43 bits per heavy atom. The lowest BCUT2D eigenvalue weighted by Gasteiger charge is -2.08. The van der Waals surface area contributed by atoms with Crippen molar-refractivity contribution in [2.45, 2.75) is 13.8 Å². The van der Waals surface area contributed by atoms with E-state index in [1.807, 2.05) is 32.0 Å². The first-order valence-corrected chi connectivity index (χ1v) is 8.34. The lowest BCUT2D eigenvalue weighted by atomic mass is 9.98. The highest BCUT2D eigenvalue weighted by atomic mass is 16.2. The van der Waals surface area contributed by atoms with E-state index in [0.29, 0.717) is 11.3 Å². The summed E-state index contributed by atoms with van der Waals surface area (Å²) in [5.41, 5.74) is 6.42. The van der Waals surface area contributed by atoms with Gasteiger partial charge in [-0.2, -0.15) is 0 Å². The van der Waals surface area contributed by atoms with Gasteiger partial charge in [-0.3, -0.25) is 29.5 Å². The molecule has 0 radical (unpaired) electrons. The topological polar surface area (TPSA) is 173 Å². The zero-order valence-corrected chi connectivity index (χ0v) is 14.9. The molecule has 10 nitrogen and oxygen atoms in total. The van der Waals surface area contributed by atoms with Crippen LogP contribution in [0.5, 0.6) is 0 Å². The molecule has 3 heterocycles. The number of benzene rings is 1. The first-order chi connectivity index (χ1) is 13.3. The number of nitrogen functional groups attached to an aromatic ring is 1. The summed E-state index contributed by atoms with van der Waals surface area (Å²) in [6.07, 6.45) is 0. The van der Waals surface area contributed by atoms with Crippen LogP contribution in [0.1, 0.15) is 11.1 Å². The second-order valence-corrected chi connectivity index (χ2v) is 6.53. The van der Waals surface area contributed by atoms with Crippen molar-refractivity contribution in [3.63, 3.8) is 0 Å². The van der Waals surface area contributed by atoms with Gasteiger partial charge in [0.25, 0.3) is 11.1 Å². The zero-order chi connectivity index (χ0) is 20.2. The average molecular weight is 380 g/mol. The lowest BCUT2D eigenvalue weighted by Crippen LogP contribution is -2.26. The van der Waals surface area contributed by atoms with Crippen molar-refractivity contribution in [1.29, 1.82) is 0 Å². The molecular formula is C18H16N6O4. The maximum atomic E-state index is 12.5. The maximum Gasteiger partial charge on any atom is 0.327 e. The molecular weight excluding hydrogens is 364 g/mol. The van der Waals surface area contributed by atoms with Crippen molar-refractivity contribution in [3.8, 4) is 22.4 Å². The van der Waals surface area contributed by atoms with E-state index in [-0.39, 0.29) is 28.0 Å². The molecule has 10 heteroatoms. The van der Waals surface area contributed by atoms with E-state index in [1.165, 1.54) is 0 Å². The van der Waals surface area contributed by atoms with Crippen LogP contribution in [0.15, 0.2) is 37.4 Å². The molecule has 1 aromatic carbocycles. The van der Waals surface area contributed by atoms with Crippen LogP contribution < -0.4 is 28.2 Å². The van der Waals surface area contributed by atoms with E-state index >= 15 is 0 Å². The molecule has 0 amide bonds. The smallest absolute Gasteiger partial charge is 0.327 e. The van der Waals surface area contributed by atoms with Gasteiger partial charge in [0, 0.05) is 5.56 Å². The van der Waals surface area contributed by atoms with Crippen LogP contribution in [0.25, 0.3) is 33.4 Å². The Bertz CT molecular complexity index is 1480. The highest BCUT2D eigenvalue weighted by molar-refractivity contribution is 6.03. The molecule has 4 aromatic rings. The largest absolute Gasteiger partial charge is 0.384 e. The van der Waals surface area contributed by atoms with Crippen molar-refractivity contribution >= 4 is 16.9 Å². The van der Waals surface area contributed by atoms with Crippen LogP contribution >= 0.6 is 0 Å². The van der Waals surface area contributed by atoms with E-state index in [1.54, 1.807) is 0 Å². The summed E-state index contributed by atoms with van der Waals surface area (Å²) in [5, 5.41) is 0.0528. The van der Waals surface area contributed by atoms with Gasteiger partial charge < -0.3 is 10.7 Å². The average Bonchev–Trinajstić information content (AvgIpc) is 2.95. The highest BCUT2D eigenvalue weighted by Crippen LogP contribution is 2.36. The number of hydrogen-bond acceptors (Lipinski definition) is 5.